The standard InChI is InChI=1S/C2H7N2O2PS3/c3-9-2(10-7-8)4-1(5)6/h2,4H,3,7H2,(H,5,6). The molecule has 0 rings (SSSR count). The van der Waals surface area contributed by atoms with E-state index >= 15 is 0 Å². The van der Waals surface area contributed by atoms with Gasteiger partial charge in [0, 0.05) is 0 Å². The number of amides is 1. The molecule has 10 heavy (non-hydrogen) atoms. The summed E-state index contributed by atoms with van der Waals surface area (Å²) < 4.78 is -0.315. The van der Waals surface area contributed by atoms with E-state index in [2.05, 4.69) is 5.32 Å². The van der Waals surface area contributed by atoms with Crippen LogP contribution >= 0.6 is 29.9 Å². The monoisotopic (exact) mass is 218 g/mol. The summed E-state index contributed by atoms with van der Waals surface area (Å²) in [4.78, 5) is 10.0. The Kier molecular flexibility index (Phi) is 6.67. The van der Waals surface area contributed by atoms with E-state index in [-0.39, 0.29) is 11.3 Å². The van der Waals surface area contributed by atoms with Crippen molar-refractivity contribution < 1.29 is 9.90 Å². The molecule has 0 spiro atoms. The summed E-state index contributed by atoms with van der Waals surface area (Å²) in [5.74, 6) is 0. The molecule has 1 amide bonds. The van der Waals surface area contributed by atoms with Crippen molar-refractivity contribution in [2.24, 2.45) is 5.14 Å². The van der Waals surface area contributed by atoms with E-state index in [0.717, 1.165) is 11.9 Å². The molecule has 4 nitrogen and oxygen atoms in total. The van der Waals surface area contributed by atoms with Gasteiger partial charge in [-0.15, -0.1) is 0 Å². The Morgan fingerprint density at radius 3 is 2.80 bits per heavy atom. The summed E-state index contributed by atoms with van der Waals surface area (Å²) in [6.45, 7) is -0.198. The Balaban J connectivity index is 3.59. The lowest BCUT2D eigenvalue weighted by atomic mass is 11.1. The molecule has 0 aliphatic rings. The lowest BCUT2D eigenvalue weighted by molar-refractivity contribution is 0.196. The van der Waals surface area contributed by atoms with Crippen LogP contribution in [0.4, 0.5) is 4.79 Å². The molecule has 8 heteroatoms. The van der Waals surface area contributed by atoms with E-state index in [1.807, 2.05) is 0 Å². The molecular formula is C2H7N2O2PS3. The number of hydrogen-bond acceptors (Lipinski definition) is 5. The molecular weight excluding hydrogens is 211 g/mol. The normalized spacial score (nSPS) is 13.7. The summed E-state index contributed by atoms with van der Waals surface area (Å²) in [6.07, 6.45) is -1.07. The van der Waals surface area contributed by atoms with Crippen LogP contribution in [0, 0.1) is 0 Å². The molecule has 0 bridgehead atoms. The van der Waals surface area contributed by atoms with Gasteiger partial charge in [-0.05, 0) is 18.5 Å². The molecule has 2 unspecified atom stereocenters. The molecule has 0 radical (unpaired) electrons. The van der Waals surface area contributed by atoms with E-state index in [1.54, 1.807) is 0 Å². The number of hydrogen-bond donors (Lipinski definition) is 3. The van der Waals surface area contributed by atoms with Crippen molar-refractivity contribution in [1.29, 1.82) is 0 Å². The van der Waals surface area contributed by atoms with Crippen LogP contribution in [0.25, 0.3) is 0 Å². The first kappa shape index (κ1) is 10.6. The van der Waals surface area contributed by atoms with Crippen molar-refractivity contribution >= 4 is 47.8 Å². The van der Waals surface area contributed by atoms with Crippen LogP contribution in [0.5, 0.6) is 0 Å². The van der Waals surface area contributed by atoms with Gasteiger partial charge in [0.2, 0.25) is 0 Å². The fourth-order valence-electron chi connectivity index (χ4n) is 0.251. The number of nitrogens with two attached hydrogens (primary N) is 1. The molecule has 0 aliphatic carbocycles. The summed E-state index contributed by atoms with van der Waals surface area (Å²) in [7, 11) is 0. The van der Waals surface area contributed by atoms with Crippen LogP contribution < -0.4 is 10.5 Å². The average Bonchev–Trinajstić information content (AvgIpc) is 1.86. The van der Waals surface area contributed by atoms with E-state index in [1.165, 1.54) is 11.4 Å². The van der Waals surface area contributed by atoms with Gasteiger partial charge in [0.05, 0.1) is 0 Å². The molecule has 0 aromatic carbocycles. The first-order valence-corrected chi connectivity index (χ1v) is 7.33. The minimum Gasteiger partial charge on any atom is -0.465 e. The topological polar surface area (TPSA) is 75.3 Å². The van der Waals surface area contributed by atoms with Gasteiger partial charge in [-0.25, -0.2) is 4.79 Å². The third-order valence-corrected chi connectivity index (χ3v) is 4.79. The molecule has 0 saturated heterocycles. The maximum absolute atomic E-state index is 10.0. The van der Waals surface area contributed by atoms with E-state index in [4.69, 9.17) is 22.1 Å². The van der Waals surface area contributed by atoms with Gasteiger partial charge >= 0.3 is 6.09 Å². The maximum Gasteiger partial charge on any atom is 0.406 e. The van der Waals surface area contributed by atoms with Gasteiger partial charge in [0.1, 0.15) is 4.71 Å². The van der Waals surface area contributed by atoms with Gasteiger partial charge in [0.25, 0.3) is 0 Å². The highest BCUT2D eigenvalue weighted by molar-refractivity contribution is 8.60. The number of nitrogens with one attached hydrogen (secondary N) is 1. The summed E-state index contributed by atoms with van der Waals surface area (Å²) >= 11 is 6.99. The zero-order valence-corrected chi connectivity index (χ0v) is 8.42. The van der Waals surface area contributed by atoms with Crippen molar-refractivity contribution in [2.45, 2.75) is 4.71 Å². The fraction of sp³-hybridized carbons (Fsp3) is 0.500. The quantitative estimate of drug-likeness (QED) is 0.366. The second kappa shape index (κ2) is 6.30. The minimum atomic E-state index is -1.07. The highest BCUT2D eigenvalue weighted by atomic mass is 32.9. The zero-order valence-electron chi connectivity index (χ0n) is 4.81. The number of rotatable bonds is 4. The highest BCUT2D eigenvalue weighted by Gasteiger charge is 2.07. The number of carboxylic acid groups (broad SMARTS) is 1. The predicted octanol–water partition coefficient (Wildman–Crippen LogP) is 0.665. The van der Waals surface area contributed by atoms with Crippen LogP contribution in [0.3, 0.4) is 0 Å². The SMILES string of the molecule is NSC(NC(=O)O)S[PH2]=S. The second-order valence-electron chi connectivity index (χ2n) is 1.15. The smallest absolute Gasteiger partial charge is 0.406 e. The molecule has 0 saturated carbocycles. The van der Waals surface area contributed by atoms with Crippen molar-refractivity contribution in [2.75, 3.05) is 0 Å². The largest absolute Gasteiger partial charge is 0.465 e. The van der Waals surface area contributed by atoms with E-state index < -0.39 is 6.09 Å². The van der Waals surface area contributed by atoms with Crippen molar-refractivity contribution in [1.82, 2.24) is 5.32 Å². The summed E-state index contributed by atoms with van der Waals surface area (Å²) in [5.41, 5.74) is 0. The van der Waals surface area contributed by atoms with Gasteiger partial charge in [-0.3, -0.25) is 10.5 Å². The molecule has 0 aliphatic heterocycles. The minimum absolute atomic E-state index is 0.198. The number of carbonyl (C=O) groups is 1. The van der Waals surface area contributed by atoms with Crippen LogP contribution in [0.1, 0.15) is 0 Å². The molecule has 0 heterocycles. The van der Waals surface area contributed by atoms with Gasteiger partial charge in [0.15, 0.2) is 0 Å². The Hall–Kier alpha value is 0.580. The van der Waals surface area contributed by atoms with Gasteiger partial charge in [-0.1, -0.05) is 23.2 Å². The lowest BCUT2D eigenvalue weighted by Crippen LogP contribution is -2.28. The zero-order chi connectivity index (χ0) is 7.98. The molecule has 0 aromatic rings. The summed E-state index contributed by atoms with van der Waals surface area (Å²) in [6, 6.07) is 0. The van der Waals surface area contributed by atoms with Crippen LogP contribution in [0.15, 0.2) is 0 Å². The molecule has 0 fully saturated rings. The molecule has 60 valence electrons. The van der Waals surface area contributed by atoms with Crippen molar-refractivity contribution in [3.63, 3.8) is 0 Å². The van der Waals surface area contributed by atoms with Crippen LogP contribution in [-0.2, 0) is 11.8 Å². The van der Waals surface area contributed by atoms with E-state index in [0.29, 0.717) is 0 Å². The van der Waals surface area contributed by atoms with Crippen molar-refractivity contribution in [3.8, 4) is 0 Å². The van der Waals surface area contributed by atoms with Crippen molar-refractivity contribution in [3.05, 3.63) is 0 Å². The Bertz CT molecular complexity index is 134. The lowest BCUT2D eigenvalue weighted by Gasteiger charge is -2.08. The van der Waals surface area contributed by atoms with Gasteiger partial charge in [-0.2, -0.15) is 0 Å². The van der Waals surface area contributed by atoms with Crippen LogP contribution in [0.2, 0.25) is 0 Å². The molecule has 4 N–H and O–H groups in total. The Morgan fingerprint density at radius 1 is 1.90 bits per heavy atom. The summed E-state index contributed by atoms with van der Waals surface area (Å²) in [5, 5.41) is 15.6. The van der Waals surface area contributed by atoms with Gasteiger partial charge < -0.3 is 5.11 Å². The predicted molar refractivity (Wildman–Crippen MR) is 51.4 cm³/mol. The maximum atomic E-state index is 10.0. The first-order chi connectivity index (χ1) is 4.70. The Morgan fingerprint density at radius 2 is 2.50 bits per heavy atom. The first-order valence-electron chi connectivity index (χ1n) is 2.14. The second-order valence-corrected chi connectivity index (χ2v) is 6.25. The highest BCUT2D eigenvalue weighted by Crippen LogP contribution is 2.27. The molecule has 0 aromatic heterocycles. The van der Waals surface area contributed by atoms with E-state index in [9.17, 15) is 4.79 Å². The third kappa shape index (κ3) is 5.37. The van der Waals surface area contributed by atoms with Crippen LogP contribution in [-0.4, -0.2) is 15.9 Å². The Labute approximate surface area is 73.0 Å². The fourth-order valence-corrected chi connectivity index (χ4v) is 4.16. The molecule has 2 atom stereocenters. The average molecular weight is 218 g/mol. The third-order valence-electron chi connectivity index (χ3n) is 0.544.